The van der Waals surface area contributed by atoms with Gasteiger partial charge in [0.2, 0.25) is 19.5 Å². The SMILES string of the molecule is C[Si]OC(O[Si]C)C(C)(C)c1ccc2cc(-c3nn(C(=O)OC(C)(C)C)c4ccc(OCc5ccccc5)cc34)n(C(=O)OC(C)(C)C)c2c1. The minimum absolute atomic E-state index is 0.238. The van der Waals surface area contributed by atoms with Crippen LogP contribution in [0.5, 0.6) is 5.75 Å². The monoisotopic (exact) mass is 711 g/mol. The molecule has 2 aromatic heterocycles. The second-order valence-corrected chi connectivity index (χ2v) is 15.8. The number of hydrogen-bond donors (Lipinski definition) is 0. The number of nitrogens with zero attached hydrogens (tertiary/aromatic N) is 3. The number of carbonyl (C=O) groups is 2. The smallest absolute Gasteiger partial charge is 0.435 e. The average Bonchev–Trinajstić information content (AvgIpc) is 3.61. The molecule has 4 radical (unpaired) electrons. The van der Waals surface area contributed by atoms with Gasteiger partial charge in [-0.3, -0.25) is 0 Å². The molecule has 10 nitrogen and oxygen atoms in total. The Morgan fingerprint density at radius 1 is 0.760 bits per heavy atom. The number of ether oxygens (including phenoxy) is 3. The summed E-state index contributed by atoms with van der Waals surface area (Å²) in [4.78, 5) is 27.7. The van der Waals surface area contributed by atoms with Crippen molar-refractivity contribution >= 4 is 53.5 Å². The minimum atomic E-state index is -0.783. The van der Waals surface area contributed by atoms with Crippen LogP contribution in [0.25, 0.3) is 33.2 Å². The number of fused-ring (bicyclic) bond motifs is 2. The molecule has 0 unspecified atom stereocenters. The van der Waals surface area contributed by atoms with E-state index in [1.165, 1.54) is 9.25 Å². The van der Waals surface area contributed by atoms with Gasteiger partial charge >= 0.3 is 12.2 Å². The molecule has 0 fully saturated rings. The highest BCUT2D eigenvalue weighted by molar-refractivity contribution is 6.26. The Morgan fingerprint density at radius 2 is 1.40 bits per heavy atom. The fourth-order valence-corrected chi connectivity index (χ4v) is 6.72. The topological polar surface area (TPSA) is 103 Å². The summed E-state index contributed by atoms with van der Waals surface area (Å²) in [6.07, 6.45) is -1.71. The molecule has 50 heavy (non-hydrogen) atoms. The molecule has 0 spiro atoms. The molecule has 12 heteroatoms. The molecule has 3 aromatic carbocycles. The van der Waals surface area contributed by atoms with Crippen LogP contribution in [0.3, 0.4) is 0 Å². The molecule has 2 heterocycles. The number of carbonyl (C=O) groups excluding carboxylic acids is 2. The van der Waals surface area contributed by atoms with Crippen molar-refractivity contribution in [1.29, 1.82) is 0 Å². The predicted molar refractivity (Wildman–Crippen MR) is 197 cm³/mol. The van der Waals surface area contributed by atoms with E-state index in [-0.39, 0.29) is 19.5 Å². The van der Waals surface area contributed by atoms with Crippen molar-refractivity contribution in [2.75, 3.05) is 0 Å². The summed E-state index contributed by atoms with van der Waals surface area (Å²) in [6.45, 7) is 19.3. The molecule has 0 N–H and O–H groups in total. The zero-order valence-electron chi connectivity index (χ0n) is 30.4. The normalized spacial score (nSPS) is 12.5. The van der Waals surface area contributed by atoms with Crippen LogP contribution in [0.15, 0.2) is 72.8 Å². The quantitative estimate of drug-likeness (QED) is 0.105. The molecular weight excluding hydrogens is 667 g/mol. The van der Waals surface area contributed by atoms with E-state index >= 15 is 0 Å². The Balaban J connectivity index is 1.73. The maximum absolute atomic E-state index is 14.2. The Labute approximate surface area is 298 Å². The summed E-state index contributed by atoms with van der Waals surface area (Å²) >= 11 is 0. The molecular formula is C38H45N3O7Si2. The first-order chi connectivity index (χ1) is 23.5. The lowest BCUT2D eigenvalue weighted by Gasteiger charge is -2.34. The van der Waals surface area contributed by atoms with Crippen LogP contribution >= 0.6 is 0 Å². The van der Waals surface area contributed by atoms with E-state index in [9.17, 15) is 9.59 Å². The lowest BCUT2D eigenvalue weighted by Crippen LogP contribution is -2.39. The number of benzene rings is 3. The minimum Gasteiger partial charge on any atom is -0.489 e. The fraction of sp³-hybridized carbons (Fsp3) is 0.395. The van der Waals surface area contributed by atoms with E-state index in [1.54, 1.807) is 32.9 Å². The van der Waals surface area contributed by atoms with Crippen LogP contribution in [0.2, 0.25) is 13.1 Å². The van der Waals surface area contributed by atoms with Crippen molar-refractivity contribution in [3.63, 3.8) is 0 Å². The second kappa shape index (κ2) is 14.5. The highest BCUT2D eigenvalue weighted by atomic mass is 28.2. The summed E-state index contributed by atoms with van der Waals surface area (Å²) in [6, 6.07) is 23.1. The van der Waals surface area contributed by atoms with E-state index in [4.69, 9.17) is 28.2 Å². The molecule has 0 saturated carbocycles. The van der Waals surface area contributed by atoms with Crippen LogP contribution in [0.1, 0.15) is 66.5 Å². The average molecular weight is 712 g/mol. The molecule has 0 atom stereocenters. The zero-order chi connectivity index (χ0) is 36.4. The van der Waals surface area contributed by atoms with Gasteiger partial charge in [0.05, 0.1) is 16.7 Å². The largest absolute Gasteiger partial charge is 0.489 e. The summed E-state index contributed by atoms with van der Waals surface area (Å²) < 4.78 is 32.8. The van der Waals surface area contributed by atoms with Gasteiger partial charge in [-0.05, 0) is 96.1 Å². The van der Waals surface area contributed by atoms with Gasteiger partial charge in [0.25, 0.3) is 0 Å². The molecule has 5 aromatic rings. The first-order valence-corrected chi connectivity index (χ1v) is 19.3. The van der Waals surface area contributed by atoms with E-state index in [0.717, 1.165) is 16.5 Å². The van der Waals surface area contributed by atoms with Crippen molar-refractivity contribution in [1.82, 2.24) is 14.3 Å². The third-order valence-electron chi connectivity index (χ3n) is 7.87. The summed E-state index contributed by atoms with van der Waals surface area (Å²) in [5.74, 6) is 0.578. The van der Waals surface area contributed by atoms with E-state index in [2.05, 4.69) is 13.8 Å². The number of aromatic nitrogens is 3. The standard InChI is InChI=1S/C38H45N3O7Si2/c1-36(2,3)45-34(42)40-30-21-26(38(7,8)33(47-49-9)48-50-10)17-16-25(30)20-31(40)32-28-22-27(44-23-24-14-12-11-13-15-24)18-19-29(28)41(39-32)35(43)46-37(4,5)6/h11-22,33H,23H2,1-10H3. The highest BCUT2D eigenvalue weighted by Crippen LogP contribution is 2.38. The molecule has 262 valence electrons. The van der Waals surface area contributed by atoms with Gasteiger partial charge in [0, 0.05) is 16.2 Å². The van der Waals surface area contributed by atoms with Crippen LogP contribution < -0.4 is 4.74 Å². The van der Waals surface area contributed by atoms with Gasteiger partial charge in [0.1, 0.15) is 35.5 Å². The van der Waals surface area contributed by atoms with Gasteiger partial charge in [-0.1, -0.05) is 56.3 Å². The van der Waals surface area contributed by atoms with Gasteiger partial charge < -0.3 is 23.1 Å². The first-order valence-electron chi connectivity index (χ1n) is 16.5. The van der Waals surface area contributed by atoms with Crippen LogP contribution in [0, 0.1) is 0 Å². The maximum Gasteiger partial charge on any atom is 0.435 e. The highest BCUT2D eigenvalue weighted by Gasteiger charge is 2.34. The first kappa shape index (κ1) is 37.0. The molecule has 0 aliphatic carbocycles. The maximum atomic E-state index is 14.2. The molecule has 0 bridgehead atoms. The predicted octanol–water partition coefficient (Wildman–Crippen LogP) is 8.77. The van der Waals surface area contributed by atoms with E-state index in [0.29, 0.717) is 40.2 Å². The van der Waals surface area contributed by atoms with Crippen molar-refractivity contribution in [3.05, 3.63) is 83.9 Å². The third kappa shape index (κ3) is 8.20. The Bertz CT molecular complexity index is 1980. The van der Waals surface area contributed by atoms with E-state index < -0.39 is 35.1 Å². The lowest BCUT2D eigenvalue weighted by atomic mass is 9.83. The van der Waals surface area contributed by atoms with Crippen molar-refractivity contribution < 1.29 is 32.7 Å². The molecule has 0 saturated heterocycles. The van der Waals surface area contributed by atoms with Gasteiger partial charge in [-0.15, -0.1) is 0 Å². The zero-order valence-corrected chi connectivity index (χ0v) is 32.4. The van der Waals surface area contributed by atoms with Crippen molar-refractivity contribution in [2.24, 2.45) is 0 Å². The van der Waals surface area contributed by atoms with Crippen LogP contribution in [-0.2, 0) is 30.3 Å². The lowest BCUT2D eigenvalue weighted by molar-refractivity contribution is -0.0432. The van der Waals surface area contributed by atoms with Crippen molar-refractivity contribution in [2.45, 2.75) is 98.0 Å². The van der Waals surface area contributed by atoms with Gasteiger partial charge in [-0.2, -0.15) is 9.78 Å². The molecule has 0 amide bonds. The molecule has 0 aliphatic heterocycles. The van der Waals surface area contributed by atoms with E-state index in [1.807, 2.05) is 94.5 Å². The van der Waals surface area contributed by atoms with Crippen LogP contribution in [-0.4, -0.2) is 63.6 Å². The molecule has 0 aliphatic rings. The Hall–Kier alpha value is -4.24. The Kier molecular flexibility index (Phi) is 10.8. The van der Waals surface area contributed by atoms with Crippen LogP contribution in [0.4, 0.5) is 9.59 Å². The third-order valence-corrected chi connectivity index (χ3v) is 8.77. The second-order valence-electron chi connectivity index (χ2n) is 14.5. The summed E-state index contributed by atoms with van der Waals surface area (Å²) in [5.41, 5.74) is 1.79. The van der Waals surface area contributed by atoms with Gasteiger partial charge in [-0.25, -0.2) is 14.2 Å². The fourth-order valence-electron chi connectivity index (χ4n) is 5.51. The van der Waals surface area contributed by atoms with Gasteiger partial charge in [0.15, 0.2) is 0 Å². The van der Waals surface area contributed by atoms with Crippen molar-refractivity contribution in [3.8, 4) is 17.1 Å². The molecule has 5 rings (SSSR count). The summed E-state index contributed by atoms with van der Waals surface area (Å²) in [5, 5.41) is 6.19. The Morgan fingerprint density at radius 3 is 2.02 bits per heavy atom. The number of hydrogen-bond acceptors (Lipinski definition) is 8. The summed E-state index contributed by atoms with van der Waals surface area (Å²) in [7, 11) is 0.477. The number of rotatable bonds is 10.